The summed E-state index contributed by atoms with van der Waals surface area (Å²) < 4.78 is 13.5. The maximum Gasteiger partial charge on any atom is 0.143 e. The maximum atomic E-state index is 13.5. The molecule has 0 amide bonds. The van der Waals surface area contributed by atoms with Crippen LogP contribution >= 0.6 is 0 Å². The van der Waals surface area contributed by atoms with Crippen molar-refractivity contribution in [2.24, 2.45) is 10.4 Å². The third-order valence-corrected chi connectivity index (χ3v) is 3.14. The number of hydrogen-bond acceptors (Lipinski definition) is 3. The molecule has 3 nitrogen and oxygen atoms in total. The molecule has 4 heteroatoms. The van der Waals surface area contributed by atoms with Crippen molar-refractivity contribution in [1.82, 2.24) is 0 Å². The van der Waals surface area contributed by atoms with E-state index < -0.39 is 5.82 Å². The molecule has 0 saturated heterocycles. The third-order valence-electron chi connectivity index (χ3n) is 3.14. The molecule has 0 unspecified atom stereocenters. The van der Waals surface area contributed by atoms with Gasteiger partial charge in [-0.25, -0.2) is 4.39 Å². The number of hydrogen-bond donors (Lipinski definition) is 0. The van der Waals surface area contributed by atoms with Gasteiger partial charge in [0.05, 0.1) is 5.69 Å². The Balaban J connectivity index is 2.39. The Labute approximate surface area is 111 Å². The van der Waals surface area contributed by atoms with Crippen LogP contribution < -0.4 is 0 Å². The van der Waals surface area contributed by atoms with Crippen LogP contribution in [0, 0.1) is 22.6 Å². The number of carbonyl (C=O) groups is 1. The number of Topliss-reactive ketones (excluding diaryl/α,β-unsaturated/α-hetero) is 1. The van der Waals surface area contributed by atoms with Crippen LogP contribution in [-0.2, 0) is 4.79 Å². The normalized spacial score (nSPS) is 20.3. The van der Waals surface area contributed by atoms with Gasteiger partial charge in [-0.15, -0.1) is 0 Å². The second-order valence-corrected chi connectivity index (χ2v) is 5.66. The van der Waals surface area contributed by atoms with Crippen molar-refractivity contribution in [3.8, 4) is 6.07 Å². The standard InChI is InChI=1S/C15H15FN2O/c1-15(2)7-10(6-11(19)8-15)18-14-5-3-4-13(16)12(14)9-17/h3-5H,6-8H2,1-2H3. The molecule has 0 bridgehead atoms. The van der Waals surface area contributed by atoms with E-state index in [0.717, 1.165) is 5.71 Å². The predicted octanol–water partition coefficient (Wildman–Crippen LogP) is 3.55. The van der Waals surface area contributed by atoms with Gasteiger partial charge in [-0.05, 0) is 24.0 Å². The minimum absolute atomic E-state index is 0.0640. The highest BCUT2D eigenvalue weighted by Crippen LogP contribution is 2.33. The lowest BCUT2D eigenvalue weighted by atomic mass is 9.76. The molecular weight excluding hydrogens is 243 g/mol. The molecule has 1 aromatic carbocycles. The summed E-state index contributed by atoms with van der Waals surface area (Å²) in [5.74, 6) is -0.435. The van der Waals surface area contributed by atoms with E-state index in [4.69, 9.17) is 5.26 Å². The first-order valence-electron chi connectivity index (χ1n) is 6.18. The molecule has 0 atom stereocenters. The second kappa shape index (κ2) is 4.93. The largest absolute Gasteiger partial charge is 0.299 e. The SMILES string of the molecule is CC1(C)CC(=O)CC(=Nc2cccc(F)c2C#N)C1. The molecule has 1 saturated carbocycles. The summed E-state index contributed by atoms with van der Waals surface area (Å²) in [4.78, 5) is 16.0. The van der Waals surface area contributed by atoms with Crippen LogP contribution in [0.3, 0.4) is 0 Å². The zero-order valence-electron chi connectivity index (χ0n) is 11.0. The molecule has 1 aliphatic carbocycles. The van der Waals surface area contributed by atoms with Gasteiger partial charge in [0, 0.05) is 18.6 Å². The van der Waals surface area contributed by atoms with Gasteiger partial charge in [-0.2, -0.15) is 5.26 Å². The molecule has 0 spiro atoms. The van der Waals surface area contributed by atoms with Crippen molar-refractivity contribution in [3.63, 3.8) is 0 Å². The Morgan fingerprint density at radius 2 is 2.11 bits per heavy atom. The minimum atomic E-state index is -0.578. The number of ketones is 1. The zero-order valence-corrected chi connectivity index (χ0v) is 11.0. The third kappa shape index (κ3) is 3.05. The van der Waals surface area contributed by atoms with Crippen LogP contribution in [0.4, 0.5) is 10.1 Å². The van der Waals surface area contributed by atoms with Crippen LogP contribution in [-0.4, -0.2) is 11.5 Å². The van der Waals surface area contributed by atoms with E-state index in [0.29, 0.717) is 24.9 Å². The van der Waals surface area contributed by atoms with Gasteiger partial charge in [-0.3, -0.25) is 9.79 Å². The molecule has 1 aromatic rings. The fraction of sp³-hybridized carbons (Fsp3) is 0.400. The fourth-order valence-corrected chi connectivity index (χ4v) is 2.47. The molecule has 0 aliphatic heterocycles. The summed E-state index contributed by atoms with van der Waals surface area (Å²) in [7, 11) is 0. The zero-order chi connectivity index (χ0) is 14.0. The van der Waals surface area contributed by atoms with Gasteiger partial charge in [-0.1, -0.05) is 19.9 Å². The maximum absolute atomic E-state index is 13.5. The Morgan fingerprint density at radius 1 is 1.37 bits per heavy atom. The summed E-state index contributed by atoms with van der Waals surface area (Å²) in [6.07, 6.45) is 1.53. The van der Waals surface area contributed by atoms with E-state index in [1.54, 1.807) is 6.07 Å². The molecule has 1 aliphatic rings. The molecule has 2 rings (SSSR count). The van der Waals surface area contributed by atoms with Crippen molar-refractivity contribution < 1.29 is 9.18 Å². The first kappa shape index (κ1) is 13.4. The van der Waals surface area contributed by atoms with Crippen LogP contribution in [0.25, 0.3) is 0 Å². The Morgan fingerprint density at radius 3 is 2.74 bits per heavy atom. The van der Waals surface area contributed by atoms with Gasteiger partial charge >= 0.3 is 0 Å². The van der Waals surface area contributed by atoms with E-state index in [2.05, 4.69) is 4.99 Å². The summed E-state index contributed by atoms with van der Waals surface area (Å²) >= 11 is 0. The number of carbonyl (C=O) groups excluding carboxylic acids is 1. The average molecular weight is 258 g/mol. The molecular formula is C15H15FN2O. The fourth-order valence-electron chi connectivity index (χ4n) is 2.47. The molecule has 1 fully saturated rings. The molecule has 98 valence electrons. The van der Waals surface area contributed by atoms with Gasteiger partial charge < -0.3 is 0 Å². The van der Waals surface area contributed by atoms with Crippen LogP contribution in [0.1, 0.15) is 38.7 Å². The van der Waals surface area contributed by atoms with E-state index >= 15 is 0 Å². The number of halogens is 1. The Bertz CT molecular complexity index is 597. The number of aliphatic imine (C=N–C) groups is 1. The van der Waals surface area contributed by atoms with E-state index in [1.807, 2.05) is 19.9 Å². The molecule has 19 heavy (non-hydrogen) atoms. The predicted molar refractivity (Wildman–Crippen MR) is 70.8 cm³/mol. The minimum Gasteiger partial charge on any atom is -0.299 e. The summed E-state index contributed by atoms with van der Waals surface area (Å²) in [5.41, 5.74) is 0.853. The molecule has 0 aromatic heterocycles. The Hall–Kier alpha value is -2.02. The van der Waals surface area contributed by atoms with E-state index in [-0.39, 0.29) is 16.8 Å². The molecule has 0 heterocycles. The lowest BCUT2D eigenvalue weighted by Gasteiger charge is -2.29. The number of benzene rings is 1. The average Bonchev–Trinajstić information content (AvgIpc) is 2.26. The molecule has 0 N–H and O–H groups in total. The Kier molecular flexibility index (Phi) is 3.48. The first-order valence-corrected chi connectivity index (χ1v) is 6.18. The summed E-state index contributed by atoms with van der Waals surface area (Å²) in [6, 6.07) is 6.17. The van der Waals surface area contributed by atoms with Gasteiger partial charge in [0.2, 0.25) is 0 Å². The highest BCUT2D eigenvalue weighted by Gasteiger charge is 2.30. The van der Waals surface area contributed by atoms with Crippen LogP contribution in [0.2, 0.25) is 0 Å². The first-order chi connectivity index (χ1) is 8.91. The number of nitriles is 1. The monoisotopic (exact) mass is 258 g/mol. The van der Waals surface area contributed by atoms with Crippen molar-refractivity contribution in [2.45, 2.75) is 33.1 Å². The lowest BCUT2D eigenvalue weighted by molar-refractivity contribution is -0.120. The topological polar surface area (TPSA) is 53.2 Å². The van der Waals surface area contributed by atoms with Crippen molar-refractivity contribution >= 4 is 17.2 Å². The number of nitrogens with zero attached hydrogens (tertiary/aromatic N) is 2. The van der Waals surface area contributed by atoms with Gasteiger partial charge in [0.25, 0.3) is 0 Å². The van der Waals surface area contributed by atoms with Gasteiger partial charge in [0.1, 0.15) is 23.2 Å². The lowest BCUT2D eigenvalue weighted by Crippen LogP contribution is -2.28. The summed E-state index contributed by atoms with van der Waals surface area (Å²) in [6.45, 7) is 4.02. The van der Waals surface area contributed by atoms with Crippen LogP contribution in [0.15, 0.2) is 23.2 Å². The quantitative estimate of drug-likeness (QED) is 0.773. The highest BCUT2D eigenvalue weighted by atomic mass is 19.1. The van der Waals surface area contributed by atoms with Crippen LogP contribution in [0.5, 0.6) is 0 Å². The second-order valence-electron chi connectivity index (χ2n) is 5.66. The van der Waals surface area contributed by atoms with Crippen molar-refractivity contribution in [3.05, 3.63) is 29.6 Å². The van der Waals surface area contributed by atoms with Crippen molar-refractivity contribution in [2.75, 3.05) is 0 Å². The number of rotatable bonds is 1. The van der Waals surface area contributed by atoms with E-state index in [1.165, 1.54) is 12.1 Å². The van der Waals surface area contributed by atoms with Crippen molar-refractivity contribution in [1.29, 1.82) is 5.26 Å². The van der Waals surface area contributed by atoms with Gasteiger partial charge in [0.15, 0.2) is 0 Å². The summed E-state index contributed by atoms with van der Waals surface area (Å²) in [5, 5.41) is 8.96. The molecule has 0 radical (unpaired) electrons. The van der Waals surface area contributed by atoms with E-state index in [9.17, 15) is 9.18 Å². The highest BCUT2D eigenvalue weighted by molar-refractivity contribution is 6.05. The smallest absolute Gasteiger partial charge is 0.143 e.